The molecule has 37 heavy (non-hydrogen) atoms. The molecule has 0 bridgehead atoms. The van der Waals surface area contributed by atoms with Gasteiger partial charge < -0.3 is 19.5 Å². The Balaban J connectivity index is 1.39. The van der Waals surface area contributed by atoms with Gasteiger partial charge in [0.2, 0.25) is 0 Å². The molecular formula is C30H25N5OS. The van der Waals surface area contributed by atoms with E-state index in [0.717, 1.165) is 39.8 Å². The molecule has 0 amide bonds. The van der Waals surface area contributed by atoms with Crippen molar-refractivity contribution in [2.75, 3.05) is 4.90 Å². The first-order chi connectivity index (χ1) is 18.2. The molecule has 0 saturated carbocycles. The number of nitrogens with zero attached hydrogens (tertiary/aromatic N) is 4. The van der Waals surface area contributed by atoms with E-state index < -0.39 is 0 Å². The smallest absolute Gasteiger partial charge is 0.174 e. The summed E-state index contributed by atoms with van der Waals surface area (Å²) in [6.07, 6.45) is 7.52. The van der Waals surface area contributed by atoms with E-state index in [1.807, 2.05) is 92.1 Å². The second-order valence-corrected chi connectivity index (χ2v) is 9.26. The van der Waals surface area contributed by atoms with E-state index in [2.05, 4.69) is 49.1 Å². The van der Waals surface area contributed by atoms with Crippen LogP contribution in [-0.2, 0) is 0 Å². The van der Waals surface area contributed by atoms with Crippen LogP contribution >= 0.6 is 12.2 Å². The van der Waals surface area contributed by atoms with Gasteiger partial charge in [0.25, 0.3) is 0 Å². The van der Waals surface area contributed by atoms with Crippen LogP contribution in [0.1, 0.15) is 29.0 Å². The van der Waals surface area contributed by atoms with Crippen molar-refractivity contribution >= 4 is 23.0 Å². The van der Waals surface area contributed by atoms with E-state index in [-0.39, 0.29) is 12.1 Å². The van der Waals surface area contributed by atoms with Gasteiger partial charge >= 0.3 is 0 Å². The van der Waals surface area contributed by atoms with Crippen molar-refractivity contribution < 1.29 is 4.74 Å². The van der Waals surface area contributed by atoms with Crippen LogP contribution in [0.25, 0.3) is 5.69 Å². The fraction of sp³-hybridized carbons (Fsp3) is 0.100. The third-order valence-corrected chi connectivity index (χ3v) is 6.86. The summed E-state index contributed by atoms with van der Waals surface area (Å²) in [6.45, 7) is 2.04. The van der Waals surface area contributed by atoms with E-state index in [0.29, 0.717) is 5.11 Å². The van der Waals surface area contributed by atoms with Gasteiger partial charge in [0, 0.05) is 30.0 Å². The summed E-state index contributed by atoms with van der Waals surface area (Å²) in [7, 11) is 0. The van der Waals surface area contributed by atoms with Crippen molar-refractivity contribution in [2.24, 2.45) is 0 Å². The van der Waals surface area contributed by atoms with Gasteiger partial charge in [-0.3, -0.25) is 9.97 Å². The molecule has 6 rings (SSSR count). The average molecular weight is 504 g/mol. The lowest BCUT2D eigenvalue weighted by atomic mass is 10.0. The predicted octanol–water partition coefficient (Wildman–Crippen LogP) is 6.55. The van der Waals surface area contributed by atoms with Crippen molar-refractivity contribution in [3.05, 3.63) is 133 Å². The first kappa shape index (κ1) is 22.9. The summed E-state index contributed by atoms with van der Waals surface area (Å²) in [6, 6.07) is 29.9. The largest absolute Gasteiger partial charge is 0.457 e. The summed E-state index contributed by atoms with van der Waals surface area (Å²) in [4.78, 5) is 11.2. The monoisotopic (exact) mass is 503 g/mol. The fourth-order valence-electron chi connectivity index (χ4n) is 4.77. The highest BCUT2D eigenvalue weighted by Gasteiger charge is 2.42. The number of hydrogen-bond acceptors (Lipinski definition) is 4. The highest BCUT2D eigenvalue weighted by Crippen LogP contribution is 2.42. The van der Waals surface area contributed by atoms with Crippen LogP contribution in [0.2, 0.25) is 0 Å². The maximum absolute atomic E-state index is 6.13. The number of anilines is 1. The van der Waals surface area contributed by atoms with Gasteiger partial charge in [-0.2, -0.15) is 0 Å². The number of aromatic nitrogens is 3. The Labute approximate surface area is 221 Å². The lowest BCUT2D eigenvalue weighted by Crippen LogP contribution is -2.30. The lowest BCUT2D eigenvalue weighted by Gasteiger charge is -2.29. The van der Waals surface area contributed by atoms with Crippen molar-refractivity contribution in [3.63, 3.8) is 0 Å². The number of hydrogen-bond donors (Lipinski definition) is 1. The Morgan fingerprint density at radius 3 is 2.43 bits per heavy atom. The molecule has 0 spiro atoms. The average Bonchev–Trinajstić information content (AvgIpc) is 3.56. The SMILES string of the molecule is Cc1ccccc1Oc1ccc(N2C(=S)N[C@H](c3ccccn3)[C@@H]2c2cccn2-c2cccnc2)cc1. The van der Waals surface area contributed by atoms with E-state index >= 15 is 0 Å². The van der Waals surface area contributed by atoms with Gasteiger partial charge in [0.05, 0.1) is 23.6 Å². The third-order valence-electron chi connectivity index (χ3n) is 6.54. The number of rotatable bonds is 6. The predicted molar refractivity (Wildman–Crippen MR) is 149 cm³/mol. The maximum Gasteiger partial charge on any atom is 0.174 e. The van der Waals surface area contributed by atoms with Gasteiger partial charge in [-0.25, -0.2) is 0 Å². The maximum atomic E-state index is 6.13. The van der Waals surface area contributed by atoms with Crippen molar-refractivity contribution in [1.82, 2.24) is 19.9 Å². The molecule has 182 valence electrons. The molecule has 1 aliphatic rings. The molecule has 0 unspecified atom stereocenters. The summed E-state index contributed by atoms with van der Waals surface area (Å²) >= 11 is 5.90. The van der Waals surface area contributed by atoms with Crippen molar-refractivity contribution in [2.45, 2.75) is 19.0 Å². The number of ether oxygens (including phenoxy) is 1. The number of para-hydroxylation sites is 1. The Morgan fingerprint density at radius 2 is 1.68 bits per heavy atom. The molecule has 2 atom stereocenters. The van der Waals surface area contributed by atoms with Crippen LogP contribution in [-0.4, -0.2) is 19.6 Å². The molecule has 4 heterocycles. The molecule has 0 aliphatic carbocycles. The van der Waals surface area contributed by atoms with E-state index in [1.54, 1.807) is 6.20 Å². The quantitative estimate of drug-likeness (QED) is 0.265. The molecule has 1 N–H and O–H groups in total. The standard InChI is InChI=1S/C30H25N5OS/c1-21-8-2-3-12-27(21)36-24-15-13-22(14-16-24)35-29(28(33-30(35)37)25-10-4-5-18-32-25)26-11-7-19-34(26)23-9-6-17-31-20-23/h2-20,28-29H,1H3,(H,33,37)/t28-,29+/m1/s1. The van der Waals surface area contributed by atoms with Crippen molar-refractivity contribution in [3.8, 4) is 17.2 Å². The molecule has 2 aromatic carbocycles. The molecule has 0 radical (unpaired) electrons. The fourth-order valence-corrected chi connectivity index (χ4v) is 5.12. The van der Waals surface area contributed by atoms with Gasteiger partial charge in [0.1, 0.15) is 17.5 Å². The highest BCUT2D eigenvalue weighted by molar-refractivity contribution is 7.80. The zero-order valence-electron chi connectivity index (χ0n) is 20.2. The van der Waals surface area contributed by atoms with E-state index in [1.165, 1.54) is 0 Å². The second kappa shape index (κ2) is 9.87. The molecular weight excluding hydrogens is 478 g/mol. The topological polar surface area (TPSA) is 55.2 Å². The Hall–Kier alpha value is -4.49. The van der Waals surface area contributed by atoms with Crippen LogP contribution in [0.3, 0.4) is 0 Å². The Bertz CT molecular complexity index is 1520. The molecule has 1 fully saturated rings. The molecule has 1 saturated heterocycles. The Morgan fingerprint density at radius 1 is 0.838 bits per heavy atom. The van der Waals surface area contributed by atoms with Crippen LogP contribution in [0.4, 0.5) is 5.69 Å². The first-order valence-corrected chi connectivity index (χ1v) is 12.5. The minimum Gasteiger partial charge on any atom is -0.457 e. The highest BCUT2D eigenvalue weighted by atomic mass is 32.1. The summed E-state index contributed by atoms with van der Waals surface area (Å²) in [5, 5.41) is 4.18. The number of pyridine rings is 2. The Kier molecular flexibility index (Phi) is 6.12. The number of thiocarbonyl (C=S) groups is 1. The van der Waals surface area contributed by atoms with Crippen molar-refractivity contribution in [1.29, 1.82) is 0 Å². The molecule has 3 aromatic heterocycles. The molecule has 1 aliphatic heterocycles. The summed E-state index contributed by atoms with van der Waals surface area (Å²) in [5.74, 6) is 1.61. The van der Waals surface area contributed by atoms with Crippen LogP contribution in [0, 0.1) is 6.92 Å². The molecule has 7 heteroatoms. The second-order valence-electron chi connectivity index (χ2n) is 8.87. The minimum atomic E-state index is -0.138. The molecule has 5 aromatic rings. The van der Waals surface area contributed by atoms with Gasteiger partial charge in [-0.05, 0) is 91.4 Å². The summed E-state index contributed by atoms with van der Waals surface area (Å²) in [5.41, 5.74) is 5.05. The lowest BCUT2D eigenvalue weighted by molar-refractivity contribution is 0.479. The number of nitrogens with one attached hydrogen (secondary N) is 1. The van der Waals surface area contributed by atoms with Gasteiger partial charge in [-0.15, -0.1) is 0 Å². The molecule has 6 nitrogen and oxygen atoms in total. The van der Waals surface area contributed by atoms with Crippen LogP contribution < -0.4 is 15.0 Å². The summed E-state index contributed by atoms with van der Waals surface area (Å²) < 4.78 is 8.29. The van der Waals surface area contributed by atoms with Crippen LogP contribution in [0.15, 0.2) is 116 Å². The zero-order valence-corrected chi connectivity index (χ0v) is 21.0. The van der Waals surface area contributed by atoms with Crippen LogP contribution in [0.5, 0.6) is 11.5 Å². The number of benzene rings is 2. The third kappa shape index (κ3) is 4.45. The van der Waals surface area contributed by atoms with E-state index in [4.69, 9.17) is 17.0 Å². The number of aryl methyl sites for hydroxylation is 1. The zero-order chi connectivity index (χ0) is 25.2. The van der Waals surface area contributed by atoms with Gasteiger partial charge in [-0.1, -0.05) is 24.3 Å². The normalized spacial score (nSPS) is 17.0. The van der Waals surface area contributed by atoms with E-state index in [9.17, 15) is 0 Å². The van der Waals surface area contributed by atoms with Gasteiger partial charge in [0.15, 0.2) is 5.11 Å². The first-order valence-electron chi connectivity index (χ1n) is 12.1. The minimum absolute atomic E-state index is 0.137.